The van der Waals surface area contributed by atoms with Crippen molar-refractivity contribution in [3.8, 4) is 10.8 Å². The molecule has 0 fully saturated rings. The van der Waals surface area contributed by atoms with Crippen LogP contribution in [0.3, 0.4) is 0 Å². The molecule has 1 N–H and O–H groups in total. The van der Waals surface area contributed by atoms with Crippen LogP contribution in [0.15, 0.2) is 86.0 Å². The highest BCUT2D eigenvalue weighted by atomic mass is 32.2. The Hall–Kier alpha value is -3.76. The predicted octanol–water partition coefficient (Wildman–Crippen LogP) is 4.32. The molecular weight excluding hydrogens is 450 g/mol. The van der Waals surface area contributed by atoms with Crippen molar-refractivity contribution in [3.05, 3.63) is 89.1 Å². The molecule has 2 aromatic carbocycles. The molecule has 0 radical (unpaired) electrons. The molecule has 0 saturated carbocycles. The van der Waals surface area contributed by atoms with Gasteiger partial charge in [0.15, 0.2) is 16.6 Å². The summed E-state index contributed by atoms with van der Waals surface area (Å²) < 4.78 is 38.8. The number of sulfonamides is 1. The van der Waals surface area contributed by atoms with Crippen molar-refractivity contribution < 1.29 is 22.4 Å². The first-order valence-corrected chi connectivity index (χ1v) is 11.8. The van der Waals surface area contributed by atoms with Crippen LogP contribution in [0.2, 0.25) is 0 Å². The third kappa shape index (κ3) is 3.93. The zero-order chi connectivity index (χ0) is 22.1. The number of hydrogen-bond donors (Lipinski definition) is 1. The Bertz CT molecular complexity index is 1420. The summed E-state index contributed by atoms with van der Waals surface area (Å²) in [5, 5.41) is 5.52. The fourth-order valence-electron chi connectivity index (χ4n) is 3.13. The summed E-state index contributed by atoms with van der Waals surface area (Å²) >= 11 is 1.41. The molecule has 8 nitrogen and oxygen atoms in total. The summed E-state index contributed by atoms with van der Waals surface area (Å²) in [6, 6.07) is 16.7. The smallest absolute Gasteiger partial charge is 0.338 e. The summed E-state index contributed by atoms with van der Waals surface area (Å²) in [5.74, 6) is 0.417. The SMILES string of the molecule is O=C(OCc1csc(-c2ccco2)n1)c1ccc(NC2=NS(=O)(=O)c3ccccc32)cc1. The van der Waals surface area contributed by atoms with Gasteiger partial charge in [0.05, 0.1) is 17.5 Å². The molecule has 0 unspecified atom stereocenters. The average Bonchev–Trinajstić information content (AvgIpc) is 3.53. The molecule has 4 aromatic rings. The van der Waals surface area contributed by atoms with Crippen molar-refractivity contribution in [2.75, 3.05) is 5.32 Å². The highest BCUT2D eigenvalue weighted by Crippen LogP contribution is 2.27. The molecule has 160 valence electrons. The number of aromatic nitrogens is 1. The van der Waals surface area contributed by atoms with E-state index in [1.165, 1.54) is 17.4 Å². The Labute approximate surface area is 187 Å². The van der Waals surface area contributed by atoms with Gasteiger partial charge in [-0.3, -0.25) is 0 Å². The van der Waals surface area contributed by atoms with Crippen LogP contribution >= 0.6 is 11.3 Å². The van der Waals surface area contributed by atoms with E-state index < -0.39 is 16.0 Å². The molecule has 0 spiro atoms. The Balaban J connectivity index is 1.23. The minimum absolute atomic E-state index is 0.0431. The van der Waals surface area contributed by atoms with Gasteiger partial charge in [-0.25, -0.2) is 9.78 Å². The first kappa shape index (κ1) is 20.2. The lowest BCUT2D eigenvalue weighted by molar-refractivity contribution is 0.0468. The van der Waals surface area contributed by atoms with E-state index in [9.17, 15) is 13.2 Å². The summed E-state index contributed by atoms with van der Waals surface area (Å²) in [6.07, 6.45) is 1.58. The molecule has 1 aliphatic heterocycles. The molecule has 5 rings (SSSR count). The van der Waals surface area contributed by atoms with Crippen molar-refractivity contribution in [2.24, 2.45) is 4.40 Å². The lowest BCUT2D eigenvalue weighted by Gasteiger charge is -2.08. The number of carbonyl (C=O) groups excluding carboxylic acids is 1. The van der Waals surface area contributed by atoms with Gasteiger partial charge in [-0.1, -0.05) is 12.1 Å². The number of thiazole rings is 1. The number of hydrogen-bond acceptors (Lipinski definition) is 8. The first-order valence-electron chi connectivity index (χ1n) is 9.46. The van der Waals surface area contributed by atoms with Gasteiger partial charge in [0.25, 0.3) is 10.0 Å². The second kappa shape index (κ2) is 8.06. The number of esters is 1. The second-order valence-corrected chi connectivity index (χ2v) is 9.24. The number of carbonyl (C=O) groups is 1. The maximum Gasteiger partial charge on any atom is 0.338 e. The largest absolute Gasteiger partial charge is 0.462 e. The number of amidine groups is 1. The van der Waals surface area contributed by atoms with E-state index in [2.05, 4.69) is 14.7 Å². The fraction of sp³-hybridized carbons (Fsp3) is 0.0455. The van der Waals surface area contributed by atoms with Crippen molar-refractivity contribution in [1.29, 1.82) is 0 Å². The highest BCUT2D eigenvalue weighted by molar-refractivity contribution is 7.90. The summed E-state index contributed by atoms with van der Waals surface area (Å²) in [7, 11) is -3.70. The topological polar surface area (TPSA) is 111 Å². The van der Waals surface area contributed by atoms with Gasteiger partial charge >= 0.3 is 5.97 Å². The van der Waals surface area contributed by atoms with E-state index in [4.69, 9.17) is 9.15 Å². The van der Waals surface area contributed by atoms with Gasteiger partial charge < -0.3 is 14.5 Å². The van der Waals surface area contributed by atoms with Crippen LogP contribution in [-0.4, -0.2) is 25.2 Å². The van der Waals surface area contributed by atoms with Gasteiger partial charge in [0.1, 0.15) is 11.5 Å². The molecule has 0 amide bonds. The fourth-order valence-corrected chi connectivity index (χ4v) is 5.08. The van der Waals surface area contributed by atoms with E-state index in [1.54, 1.807) is 54.8 Å². The zero-order valence-electron chi connectivity index (χ0n) is 16.4. The number of benzene rings is 2. The normalized spacial score (nSPS) is 13.9. The third-order valence-electron chi connectivity index (χ3n) is 4.65. The number of nitrogens with one attached hydrogen (secondary N) is 1. The number of anilines is 1. The highest BCUT2D eigenvalue weighted by Gasteiger charge is 2.28. The van der Waals surface area contributed by atoms with Crippen LogP contribution < -0.4 is 5.32 Å². The van der Waals surface area contributed by atoms with E-state index in [0.29, 0.717) is 28.3 Å². The maximum absolute atomic E-state index is 12.4. The quantitative estimate of drug-likeness (QED) is 0.437. The maximum atomic E-state index is 12.4. The Kier molecular flexibility index (Phi) is 5.08. The van der Waals surface area contributed by atoms with Crippen molar-refractivity contribution in [1.82, 2.24) is 4.98 Å². The zero-order valence-corrected chi connectivity index (χ0v) is 18.0. The Morgan fingerprint density at radius 2 is 1.88 bits per heavy atom. The molecule has 1 aliphatic rings. The first-order chi connectivity index (χ1) is 15.5. The van der Waals surface area contributed by atoms with E-state index in [-0.39, 0.29) is 17.3 Å². The summed E-state index contributed by atoms with van der Waals surface area (Å²) in [5.41, 5.74) is 2.09. The van der Waals surface area contributed by atoms with Crippen LogP contribution in [0.1, 0.15) is 21.6 Å². The molecule has 0 bridgehead atoms. The molecule has 0 saturated heterocycles. The van der Waals surface area contributed by atoms with Gasteiger partial charge in [-0.2, -0.15) is 8.42 Å². The van der Waals surface area contributed by atoms with Crippen LogP contribution in [0, 0.1) is 0 Å². The van der Waals surface area contributed by atoms with E-state index in [0.717, 1.165) is 5.01 Å². The number of nitrogens with zero attached hydrogens (tertiary/aromatic N) is 2. The Morgan fingerprint density at radius 3 is 2.66 bits per heavy atom. The average molecular weight is 466 g/mol. The lowest BCUT2D eigenvalue weighted by atomic mass is 10.1. The standard InChI is InChI=1S/C22H15N3O5S2/c26-22(30-12-16-13-31-21(24-16)18-5-3-11-29-18)14-7-9-15(10-8-14)23-20-17-4-1-2-6-19(17)32(27,28)25-20/h1-11,13H,12H2,(H,23,25). The second-order valence-electron chi connectivity index (χ2n) is 6.81. The molecule has 0 aliphatic carbocycles. The van der Waals surface area contributed by atoms with Crippen molar-refractivity contribution in [3.63, 3.8) is 0 Å². The summed E-state index contributed by atoms with van der Waals surface area (Å²) in [6.45, 7) is 0.0431. The minimum Gasteiger partial charge on any atom is -0.462 e. The van der Waals surface area contributed by atoms with Crippen LogP contribution in [0.25, 0.3) is 10.8 Å². The van der Waals surface area contributed by atoms with Crippen molar-refractivity contribution >= 4 is 38.9 Å². The van der Waals surface area contributed by atoms with Gasteiger partial charge in [-0.15, -0.1) is 15.7 Å². The number of ether oxygens (including phenoxy) is 1. The monoisotopic (exact) mass is 465 g/mol. The van der Waals surface area contributed by atoms with Crippen molar-refractivity contribution in [2.45, 2.75) is 11.5 Å². The van der Waals surface area contributed by atoms with Gasteiger partial charge in [0, 0.05) is 16.6 Å². The van der Waals surface area contributed by atoms with Gasteiger partial charge in [-0.05, 0) is 48.5 Å². The van der Waals surface area contributed by atoms with Gasteiger partial charge in [0.2, 0.25) is 0 Å². The van der Waals surface area contributed by atoms with E-state index in [1.807, 2.05) is 11.4 Å². The molecule has 10 heteroatoms. The van der Waals surface area contributed by atoms with Crippen LogP contribution in [-0.2, 0) is 21.4 Å². The third-order valence-corrected chi connectivity index (χ3v) is 6.89. The molecule has 3 heterocycles. The summed E-state index contributed by atoms with van der Waals surface area (Å²) in [4.78, 5) is 16.9. The minimum atomic E-state index is -3.70. The van der Waals surface area contributed by atoms with Crippen LogP contribution in [0.5, 0.6) is 0 Å². The molecule has 32 heavy (non-hydrogen) atoms. The molecule has 2 aromatic heterocycles. The Morgan fingerprint density at radius 1 is 1.06 bits per heavy atom. The number of rotatable bonds is 5. The number of furan rings is 1. The predicted molar refractivity (Wildman–Crippen MR) is 119 cm³/mol. The van der Waals surface area contributed by atoms with Crippen LogP contribution in [0.4, 0.5) is 5.69 Å². The lowest BCUT2D eigenvalue weighted by Crippen LogP contribution is -2.11. The molecule has 0 atom stereocenters. The number of fused-ring (bicyclic) bond motifs is 1. The van der Waals surface area contributed by atoms with E-state index >= 15 is 0 Å². The molecular formula is C22H15N3O5S2.